The van der Waals surface area contributed by atoms with Crippen molar-refractivity contribution in [3.05, 3.63) is 0 Å². The Kier molecular flexibility index (Phi) is 3.14. The summed E-state index contributed by atoms with van der Waals surface area (Å²) in [5.74, 6) is 0.376. The molecule has 3 aliphatic rings. The molecule has 4 nitrogen and oxygen atoms in total. The molecule has 4 atom stereocenters. The van der Waals surface area contributed by atoms with Gasteiger partial charge in [0.15, 0.2) is 0 Å². The van der Waals surface area contributed by atoms with Gasteiger partial charge in [-0.25, -0.2) is 0 Å². The van der Waals surface area contributed by atoms with Gasteiger partial charge in [-0.1, -0.05) is 12.8 Å². The molecule has 1 aliphatic heterocycles. The molecule has 1 heterocycles. The van der Waals surface area contributed by atoms with Crippen LogP contribution >= 0.6 is 0 Å². The lowest BCUT2D eigenvalue weighted by molar-refractivity contribution is -0.144. The standard InChI is InChI=1S/C14H21NO3/c16-8-9-3-1-4-10(7-9)15-13(17)11-5-2-6-12(11)14(15)18/h9-12,16H,1-8H2. The Bertz CT molecular complexity index is 346. The van der Waals surface area contributed by atoms with Crippen molar-refractivity contribution < 1.29 is 14.7 Å². The van der Waals surface area contributed by atoms with Crippen molar-refractivity contribution in [2.45, 2.75) is 51.0 Å². The van der Waals surface area contributed by atoms with Crippen LogP contribution in [0.4, 0.5) is 0 Å². The number of nitrogens with zero attached hydrogens (tertiary/aromatic N) is 1. The van der Waals surface area contributed by atoms with E-state index < -0.39 is 0 Å². The Labute approximate surface area is 107 Å². The molecule has 1 saturated heterocycles. The number of aliphatic hydroxyl groups excluding tert-OH is 1. The van der Waals surface area contributed by atoms with E-state index in [-0.39, 0.29) is 42.2 Å². The molecular weight excluding hydrogens is 230 g/mol. The van der Waals surface area contributed by atoms with Crippen molar-refractivity contribution >= 4 is 11.8 Å². The molecule has 0 bridgehead atoms. The van der Waals surface area contributed by atoms with Gasteiger partial charge >= 0.3 is 0 Å². The Morgan fingerprint density at radius 3 is 2.22 bits per heavy atom. The van der Waals surface area contributed by atoms with Crippen molar-refractivity contribution in [2.75, 3.05) is 6.61 Å². The second-order valence-corrected chi connectivity index (χ2v) is 6.06. The van der Waals surface area contributed by atoms with Gasteiger partial charge in [0.2, 0.25) is 11.8 Å². The van der Waals surface area contributed by atoms with Crippen LogP contribution in [0.25, 0.3) is 0 Å². The zero-order valence-corrected chi connectivity index (χ0v) is 10.7. The number of hydrogen-bond acceptors (Lipinski definition) is 3. The summed E-state index contributed by atoms with van der Waals surface area (Å²) in [5, 5.41) is 9.26. The fraction of sp³-hybridized carbons (Fsp3) is 0.857. The Balaban J connectivity index is 1.76. The van der Waals surface area contributed by atoms with Gasteiger partial charge in [-0.05, 0) is 38.0 Å². The maximum atomic E-state index is 12.3. The van der Waals surface area contributed by atoms with Crippen LogP contribution in [-0.4, -0.2) is 34.5 Å². The number of likely N-dealkylation sites (tertiary alicyclic amines) is 1. The molecule has 2 saturated carbocycles. The Morgan fingerprint density at radius 2 is 1.61 bits per heavy atom. The first-order valence-corrected chi connectivity index (χ1v) is 7.20. The summed E-state index contributed by atoms with van der Waals surface area (Å²) in [7, 11) is 0. The maximum absolute atomic E-state index is 12.3. The number of fused-ring (bicyclic) bond motifs is 1. The molecule has 100 valence electrons. The van der Waals surface area contributed by atoms with E-state index in [4.69, 9.17) is 0 Å². The highest BCUT2D eigenvalue weighted by Gasteiger charge is 2.52. The molecule has 4 heteroatoms. The minimum absolute atomic E-state index is 0.0213. The van der Waals surface area contributed by atoms with Crippen LogP contribution in [0, 0.1) is 17.8 Å². The number of aliphatic hydroxyl groups is 1. The van der Waals surface area contributed by atoms with Crippen LogP contribution < -0.4 is 0 Å². The number of imide groups is 1. The van der Waals surface area contributed by atoms with E-state index in [1.165, 1.54) is 0 Å². The van der Waals surface area contributed by atoms with Crippen LogP contribution in [0.5, 0.6) is 0 Å². The second-order valence-electron chi connectivity index (χ2n) is 6.06. The predicted molar refractivity (Wildman–Crippen MR) is 65.5 cm³/mol. The topological polar surface area (TPSA) is 57.6 Å². The average Bonchev–Trinajstić information content (AvgIpc) is 2.95. The molecule has 3 rings (SSSR count). The summed E-state index contributed by atoms with van der Waals surface area (Å²) in [6, 6.07) is 0.0569. The van der Waals surface area contributed by atoms with Crippen LogP contribution in [-0.2, 0) is 9.59 Å². The normalized spacial score (nSPS) is 40.4. The van der Waals surface area contributed by atoms with Crippen molar-refractivity contribution in [3.63, 3.8) is 0 Å². The third-order valence-electron chi connectivity index (χ3n) is 5.00. The molecule has 2 aliphatic carbocycles. The van der Waals surface area contributed by atoms with Crippen LogP contribution in [0.2, 0.25) is 0 Å². The van der Waals surface area contributed by atoms with E-state index in [2.05, 4.69) is 0 Å². The molecule has 2 amide bonds. The monoisotopic (exact) mass is 251 g/mol. The summed E-state index contributed by atoms with van der Waals surface area (Å²) in [6.45, 7) is 0.180. The number of rotatable bonds is 2. The van der Waals surface area contributed by atoms with Crippen LogP contribution in [0.3, 0.4) is 0 Å². The fourth-order valence-electron chi connectivity index (χ4n) is 4.04. The van der Waals surface area contributed by atoms with Crippen molar-refractivity contribution in [1.29, 1.82) is 0 Å². The highest BCUT2D eigenvalue weighted by Crippen LogP contribution is 2.42. The Morgan fingerprint density at radius 1 is 1.00 bits per heavy atom. The molecule has 18 heavy (non-hydrogen) atoms. The number of carbonyl (C=O) groups is 2. The summed E-state index contributed by atoms with van der Waals surface area (Å²) in [5.41, 5.74) is 0. The lowest BCUT2D eigenvalue weighted by atomic mass is 9.85. The largest absolute Gasteiger partial charge is 0.396 e. The summed E-state index contributed by atoms with van der Waals surface area (Å²) < 4.78 is 0. The first kappa shape index (κ1) is 12.2. The summed E-state index contributed by atoms with van der Waals surface area (Å²) >= 11 is 0. The molecular formula is C14H21NO3. The third-order valence-corrected chi connectivity index (χ3v) is 5.00. The lowest BCUT2D eigenvalue weighted by Gasteiger charge is -2.34. The van der Waals surface area contributed by atoms with Crippen molar-refractivity contribution in [3.8, 4) is 0 Å². The third kappa shape index (κ3) is 1.78. The SMILES string of the molecule is O=C1C2CCCC2C(=O)N1C1CCCC(CO)C1. The highest BCUT2D eigenvalue weighted by atomic mass is 16.3. The molecule has 0 aromatic rings. The molecule has 3 fully saturated rings. The average molecular weight is 251 g/mol. The number of hydrogen-bond donors (Lipinski definition) is 1. The summed E-state index contributed by atoms with van der Waals surface area (Å²) in [6.07, 6.45) is 6.56. The summed E-state index contributed by atoms with van der Waals surface area (Å²) in [4.78, 5) is 26.2. The predicted octanol–water partition coefficient (Wildman–Crippen LogP) is 1.32. The zero-order valence-electron chi connectivity index (χ0n) is 10.7. The van der Waals surface area contributed by atoms with Gasteiger partial charge in [0, 0.05) is 12.6 Å². The van der Waals surface area contributed by atoms with Gasteiger partial charge in [-0.3, -0.25) is 14.5 Å². The quantitative estimate of drug-likeness (QED) is 0.753. The smallest absolute Gasteiger partial charge is 0.233 e. The van der Waals surface area contributed by atoms with E-state index in [0.29, 0.717) is 0 Å². The van der Waals surface area contributed by atoms with Gasteiger partial charge in [-0.2, -0.15) is 0 Å². The van der Waals surface area contributed by atoms with Gasteiger partial charge in [0.25, 0.3) is 0 Å². The van der Waals surface area contributed by atoms with Gasteiger partial charge in [-0.15, -0.1) is 0 Å². The van der Waals surface area contributed by atoms with E-state index >= 15 is 0 Å². The number of amides is 2. The van der Waals surface area contributed by atoms with Crippen LogP contribution in [0.1, 0.15) is 44.9 Å². The Hall–Kier alpha value is -0.900. The van der Waals surface area contributed by atoms with Gasteiger partial charge in [0.05, 0.1) is 11.8 Å². The molecule has 0 aromatic heterocycles. The minimum atomic E-state index is -0.0213. The molecule has 4 unspecified atom stereocenters. The lowest BCUT2D eigenvalue weighted by Crippen LogP contribution is -2.44. The van der Waals surface area contributed by atoms with Gasteiger partial charge in [0.1, 0.15) is 0 Å². The van der Waals surface area contributed by atoms with Gasteiger partial charge < -0.3 is 5.11 Å². The maximum Gasteiger partial charge on any atom is 0.233 e. The zero-order chi connectivity index (χ0) is 12.7. The van der Waals surface area contributed by atoms with E-state index in [9.17, 15) is 14.7 Å². The van der Waals surface area contributed by atoms with E-state index in [1.807, 2.05) is 0 Å². The molecule has 0 spiro atoms. The second kappa shape index (κ2) is 4.65. The first-order chi connectivity index (χ1) is 8.72. The molecule has 0 aromatic carbocycles. The van der Waals surface area contributed by atoms with E-state index in [1.54, 1.807) is 4.90 Å². The number of carbonyl (C=O) groups excluding carboxylic acids is 2. The fourth-order valence-corrected chi connectivity index (χ4v) is 4.04. The first-order valence-electron chi connectivity index (χ1n) is 7.20. The van der Waals surface area contributed by atoms with E-state index in [0.717, 1.165) is 44.9 Å². The molecule has 1 N–H and O–H groups in total. The minimum Gasteiger partial charge on any atom is -0.396 e. The van der Waals surface area contributed by atoms with Crippen LogP contribution in [0.15, 0.2) is 0 Å². The van der Waals surface area contributed by atoms with Crippen molar-refractivity contribution in [2.24, 2.45) is 17.8 Å². The highest BCUT2D eigenvalue weighted by molar-refractivity contribution is 6.05. The molecule has 0 radical (unpaired) electrons. The van der Waals surface area contributed by atoms with Crippen molar-refractivity contribution in [1.82, 2.24) is 4.90 Å².